The molecule has 2 rings (SSSR count). The molecule has 0 saturated carbocycles. The molecule has 82 valence electrons. The summed E-state index contributed by atoms with van der Waals surface area (Å²) in [6, 6.07) is 7.05. The number of aromatic nitrogens is 1. The number of pyridine rings is 1. The Morgan fingerprint density at radius 2 is 2.12 bits per heavy atom. The topological polar surface area (TPSA) is 59.4 Å². The van der Waals surface area contributed by atoms with Crippen molar-refractivity contribution >= 4 is 33.1 Å². The van der Waals surface area contributed by atoms with Gasteiger partial charge in [-0.2, -0.15) is 0 Å². The fourth-order valence-electron chi connectivity index (χ4n) is 1.60. The third kappa shape index (κ3) is 1.63. The Morgan fingerprint density at radius 3 is 2.81 bits per heavy atom. The highest BCUT2D eigenvalue weighted by molar-refractivity contribution is 9.06. The highest BCUT2D eigenvalue weighted by Crippen LogP contribution is 2.30. The van der Waals surface area contributed by atoms with Crippen LogP contribution < -0.4 is 0 Å². The van der Waals surface area contributed by atoms with Gasteiger partial charge in [0.2, 0.25) is 0 Å². The van der Waals surface area contributed by atoms with Crippen molar-refractivity contribution < 1.29 is 13.7 Å². The molecular weight excluding hydrogens is 274 g/mol. The minimum atomic E-state index is -0.659. The Bertz CT molecular complexity index is 568. The van der Waals surface area contributed by atoms with Crippen LogP contribution in [0, 0.1) is 6.92 Å². The second kappa shape index (κ2) is 4.09. The van der Waals surface area contributed by atoms with Gasteiger partial charge < -0.3 is 8.93 Å². The van der Waals surface area contributed by atoms with Gasteiger partial charge in [-0.05, 0) is 19.1 Å². The van der Waals surface area contributed by atoms with Gasteiger partial charge in [0.05, 0.1) is 11.2 Å². The van der Waals surface area contributed by atoms with Crippen molar-refractivity contribution in [1.29, 1.82) is 0 Å². The molecule has 0 aliphatic heterocycles. The molecule has 5 heteroatoms. The lowest BCUT2D eigenvalue weighted by Crippen LogP contribution is -2.04. The third-order valence-corrected chi connectivity index (χ3v) is 2.61. The van der Waals surface area contributed by atoms with Gasteiger partial charge in [0.25, 0.3) is 0 Å². The summed E-state index contributed by atoms with van der Waals surface area (Å²) in [5, 5.41) is 10.5. The summed E-state index contributed by atoms with van der Waals surface area (Å²) in [7, 11) is 0. The SMILES string of the molecule is Cc1nc2ccccc2c(O)c1C(=O)OBr. The quantitative estimate of drug-likeness (QED) is 0.873. The summed E-state index contributed by atoms with van der Waals surface area (Å²) in [5.41, 5.74) is 1.15. The predicted octanol–water partition coefficient (Wildman–Crippen LogP) is 2.72. The van der Waals surface area contributed by atoms with E-state index >= 15 is 0 Å². The maximum atomic E-state index is 11.4. The van der Waals surface area contributed by atoms with Crippen molar-refractivity contribution in [1.82, 2.24) is 4.98 Å². The molecule has 0 amide bonds. The van der Waals surface area contributed by atoms with E-state index < -0.39 is 5.97 Å². The molecule has 1 aromatic heterocycles. The monoisotopic (exact) mass is 281 g/mol. The number of aromatic hydroxyl groups is 1. The molecule has 0 aliphatic carbocycles. The lowest BCUT2D eigenvalue weighted by atomic mass is 10.1. The van der Waals surface area contributed by atoms with Gasteiger partial charge in [0.1, 0.15) is 11.3 Å². The van der Waals surface area contributed by atoms with Crippen molar-refractivity contribution in [2.45, 2.75) is 6.92 Å². The van der Waals surface area contributed by atoms with Crippen LogP contribution in [0.1, 0.15) is 16.1 Å². The maximum Gasteiger partial charge on any atom is 0.355 e. The highest BCUT2D eigenvalue weighted by atomic mass is 79.9. The molecular formula is C11H8BrNO3. The zero-order chi connectivity index (χ0) is 11.7. The van der Waals surface area contributed by atoms with E-state index in [0.717, 1.165) is 0 Å². The standard InChI is InChI=1S/C11H8BrNO3/c1-6-9(11(15)16-12)10(14)7-4-2-3-5-8(7)13-6/h2-5H,1H3,(H,13,14). The van der Waals surface area contributed by atoms with Crippen LogP contribution >= 0.6 is 16.3 Å². The molecule has 0 saturated heterocycles. The number of nitrogens with zero attached hydrogens (tertiary/aromatic N) is 1. The number of benzene rings is 1. The Labute approximate surface area is 100 Å². The van der Waals surface area contributed by atoms with Crippen molar-refractivity contribution in [3.05, 3.63) is 35.5 Å². The fraction of sp³-hybridized carbons (Fsp3) is 0.0909. The van der Waals surface area contributed by atoms with E-state index in [2.05, 4.69) is 25.1 Å². The van der Waals surface area contributed by atoms with Crippen LogP contribution in [-0.2, 0) is 3.83 Å². The zero-order valence-electron chi connectivity index (χ0n) is 8.40. The molecule has 0 atom stereocenters. The van der Waals surface area contributed by atoms with Crippen molar-refractivity contribution in [2.75, 3.05) is 0 Å². The first-order chi connectivity index (χ1) is 7.65. The van der Waals surface area contributed by atoms with Gasteiger partial charge in [-0.15, -0.1) is 0 Å². The molecule has 16 heavy (non-hydrogen) atoms. The van der Waals surface area contributed by atoms with E-state index in [0.29, 0.717) is 16.6 Å². The minimum Gasteiger partial charge on any atom is -0.506 e. The van der Waals surface area contributed by atoms with Crippen LogP contribution in [-0.4, -0.2) is 16.1 Å². The minimum absolute atomic E-state index is 0.0792. The molecule has 0 radical (unpaired) electrons. The molecule has 1 aromatic carbocycles. The smallest absolute Gasteiger partial charge is 0.355 e. The molecule has 1 heterocycles. The molecule has 0 fully saturated rings. The van der Waals surface area contributed by atoms with Gasteiger partial charge in [-0.1, -0.05) is 12.1 Å². The van der Waals surface area contributed by atoms with E-state index in [4.69, 9.17) is 0 Å². The van der Waals surface area contributed by atoms with E-state index in [1.807, 2.05) is 6.07 Å². The van der Waals surface area contributed by atoms with Gasteiger partial charge in [0.15, 0.2) is 16.3 Å². The fourth-order valence-corrected chi connectivity index (χ4v) is 1.76. The number of hydrogen-bond acceptors (Lipinski definition) is 4. The third-order valence-electron chi connectivity index (χ3n) is 2.32. The number of hydrogen-bond donors (Lipinski definition) is 1. The predicted molar refractivity (Wildman–Crippen MR) is 62.5 cm³/mol. The van der Waals surface area contributed by atoms with Crippen LogP contribution in [0.15, 0.2) is 24.3 Å². The molecule has 0 bridgehead atoms. The molecule has 4 nitrogen and oxygen atoms in total. The van der Waals surface area contributed by atoms with E-state index in [1.54, 1.807) is 25.1 Å². The summed E-state index contributed by atoms with van der Waals surface area (Å²) in [4.78, 5) is 15.7. The first kappa shape index (κ1) is 10.9. The van der Waals surface area contributed by atoms with E-state index in [-0.39, 0.29) is 11.3 Å². The Kier molecular flexibility index (Phi) is 2.78. The summed E-state index contributed by atoms with van der Waals surface area (Å²) >= 11 is 2.60. The van der Waals surface area contributed by atoms with Crippen LogP contribution in [0.3, 0.4) is 0 Å². The molecule has 1 N–H and O–H groups in total. The number of fused-ring (bicyclic) bond motifs is 1. The summed E-state index contributed by atoms with van der Waals surface area (Å²) < 4.78 is 4.42. The lowest BCUT2D eigenvalue weighted by molar-refractivity contribution is 0.0778. The molecule has 0 spiro atoms. The summed E-state index contributed by atoms with van der Waals surface area (Å²) in [6.07, 6.45) is 0. The average Bonchev–Trinajstić information content (AvgIpc) is 2.28. The number of carbonyl (C=O) groups is 1. The maximum absolute atomic E-state index is 11.4. The summed E-state index contributed by atoms with van der Waals surface area (Å²) in [6.45, 7) is 1.64. The van der Waals surface area contributed by atoms with Crippen LogP contribution in [0.25, 0.3) is 10.9 Å². The second-order valence-corrected chi connectivity index (χ2v) is 3.63. The van der Waals surface area contributed by atoms with Crippen LogP contribution in [0.4, 0.5) is 0 Å². The Morgan fingerprint density at radius 1 is 1.44 bits per heavy atom. The Hall–Kier alpha value is -1.62. The first-order valence-electron chi connectivity index (χ1n) is 4.56. The largest absolute Gasteiger partial charge is 0.506 e. The number of rotatable bonds is 1. The lowest BCUT2D eigenvalue weighted by Gasteiger charge is -2.07. The normalized spacial score (nSPS) is 10.4. The highest BCUT2D eigenvalue weighted by Gasteiger charge is 2.19. The van der Waals surface area contributed by atoms with Crippen molar-refractivity contribution in [2.24, 2.45) is 0 Å². The first-order valence-corrected chi connectivity index (χ1v) is 5.21. The molecule has 0 aliphatic rings. The van der Waals surface area contributed by atoms with Crippen LogP contribution in [0.5, 0.6) is 5.75 Å². The number of halogens is 1. The van der Waals surface area contributed by atoms with E-state index in [9.17, 15) is 9.90 Å². The van der Waals surface area contributed by atoms with Crippen molar-refractivity contribution in [3.8, 4) is 5.75 Å². The molecule has 0 unspecified atom stereocenters. The molecule has 2 aromatic rings. The average molecular weight is 282 g/mol. The van der Waals surface area contributed by atoms with Gasteiger partial charge in [-0.25, -0.2) is 4.79 Å². The van der Waals surface area contributed by atoms with E-state index in [1.165, 1.54) is 0 Å². The number of carbonyl (C=O) groups excluding carboxylic acids is 1. The van der Waals surface area contributed by atoms with Crippen molar-refractivity contribution in [3.63, 3.8) is 0 Å². The van der Waals surface area contributed by atoms with Gasteiger partial charge >= 0.3 is 5.97 Å². The number of para-hydroxylation sites is 1. The second-order valence-electron chi connectivity index (χ2n) is 3.30. The van der Waals surface area contributed by atoms with Crippen LogP contribution in [0.2, 0.25) is 0 Å². The number of aryl methyl sites for hydroxylation is 1. The zero-order valence-corrected chi connectivity index (χ0v) is 9.98. The van der Waals surface area contributed by atoms with Gasteiger partial charge in [0, 0.05) is 5.39 Å². The van der Waals surface area contributed by atoms with Gasteiger partial charge in [-0.3, -0.25) is 4.98 Å². The summed E-state index contributed by atoms with van der Waals surface area (Å²) in [5.74, 6) is -0.763. The Balaban J connectivity index is 2.80.